The second kappa shape index (κ2) is 3.30. The molecule has 0 amide bonds. The highest BCUT2D eigenvalue weighted by Crippen LogP contribution is 2.23. The molecule has 1 aromatic rings. The molecule has 66 valence electrons. The molecule has 0 aromatic carbocycles. The molecule has 0 spiro atoms. The van der Waals surface area contributed by atoms with E-state index in [2.05, 4.69) is 29.1 Å². The standard InChI is InChI=1S/C11H11NS/c1-8(2)11-9-5-7-13-10(9)4-3-6-12-11/h3,5-7H,1,4H2,2H3. The average molecular weight is 189 g/mol. The molecule has 0 fully saturated rings. The summed E-state index contributed by atoms with van der Waals surface area (Å²) in [5, 5.41) is 2.11. The monoisotopic (exact) mass is 189 g/mol. The lowest BCUT2D eigenvalue weighted by Crippen LogP contribution is -2.01. The Bertz CT molecular complexity index is 396. The highest BCUT2D eigenvalue weighted by Gasteiger charge is 2.11. The first-order chi connectivity index (χ1) is 6.29. The molecule has 2 heterocycles. The van der Waals surface area contributed by atoms with Crippen molar-refractivity contribution in [1.29, 1.82) is 0 Å². The molecule has 0 atom stereocenters. The molecule has 0 aliphatic carbocycles. The van der Waals surface area contributed by atoms with Crippen LogP contribution in [-0.4, -0.2) is 5.71 Å². The third kappa shape index (κ3) is 1.49. The molecular weight excluding hydrogens is 178 g/mol. The molecule has 1 nitrogen and oxygen atoms in total. The van der Waals surface area contributed by atoms with E-state index in [-0.39, 0.29) is 0 Å². The van der Waals surface area contributed by atoms with E-state index in [0.29, 0.717) is 0 Å². The van der Waals surface area contributed by atoms with Gasteiger partial charge in [0.05, 0.1) is 5.71 Å². The van der Waals surface area contributed by atoms with Gasteiger partial charge in [0.25, 0.3) is 0 Å². The summed E-state index contributed by atoms with van der Waals surface area (Å²) in [5.41, 5.74) is 3.32. The predicted molar refractivity (Wildman–Crippen MR) is 58.5 cm³/mol. The van der Waals surface area contributed by atoms with E-state index in [9.17, 15) is 0 Å². The van der Waals surface area contributed by atoms with Gasteiger partial charge in [0, 0.05) is 23.1 Å². The summed E-state index contributed by atoms with van der Waals surface area (Å²) < 4.78 is 0. The Morgan fingerprint density at radius 3 is 3.23 bits per heavy atom. The van der Waals surface area contributed by atoms with Gasteiger partial charge in [-0.05, 0) is 23.9 Å². The number of hydrogen-bond acceptors (Lipinski definition) is 2. The van der Waals surface area contributed by atoms with Crippen molar-refractivity contribution in [1.82, 2.24) is 0 Å². The van der Waals surface area contributed by atoms with Crippen LogP contribution >= 0.6 is 11.3 Å². The second-order valence-electron chi connectivity index (χ2n) is 3.10. The SMILES string of the molecule is C=C(C)C1=NC=CCc2sccc21. The topological polar surface area (TPSA) is 12.4 Å². The minimum absolute atomic E-state index is 0.993. The molecule has 2 rings (SSSR count). The van der Waals surface area contributed by atoms with Crippen LogP contribution in [0.3, 0.4) is 0 Å². The van der Waals surface area contributed by atoms with E-state index in [4.69, 9.17) is 0 Å². The molecule has 0 saturated heterocycles. The zero-order chi connectivity index (χ0) is 9.26. The van der Waals surface area contributed by atoms with E-state index >= 15 is 0 Å². The molecule has 0 N–H and O–H groups in total. The maximum absolute atomic E-state index is 4.38. The maximum Gasteiger partial charge on any atom is 0.0736 e. The largest absolute Gasteiger partial charge is 0.256 e. The fourth-order valence-electron chi connectivity index (χ4n) is 1.41. The molecule has 0 bridgehead atoms. The van der Waals surface area contributed by atoms with E-state index in [0.717, 1.165) is 17.7 Å². The Morgan fingerprint density at radius 1 is 1.62 bits per heavy atom. The van der Waals surface area contributed by atoms with Crippen molar-refractivity contribution in [2.45, 2.75) is 13.3 Å². The van der Waals surface area contributed by atoms with E-state index in [1.165, 1.54) is 10.4 Å². The van der Waals surface area contributed by atoms with Crippen molar-refractivity contribution in [3.05, 3.63) is 46.3 Å². The lowest BCUT2D eigenvalue weighted by atomic mass is 10.1. The van der Waals surface area contributed by atoms with Crippen LogP contribution < -0.4 is 0 Å². The van der Waals surface area contributed by atoms with Gasteiger partial charge < -0.3 is 0 Å². The Balaban J connectivity index is 2.55. The molecule has 2 heteroatoms. The van der Waals surface area contributed by atoms with Crippen LogP contribution in [0.2, 0.25) is 0 Å². The molecule has 1 aromatic heterocycles. The van der Waals surface area contributed by atoms with Gasteiger partial charge in [0.2, 0.25) is 0 Å². The lowest BCUT2D eigenvalue weighted by molar-refractivity contribution is 1.33. The van der Waals surface area contributed by atoms with Crippen molar-refractivity contribution < 1.29 is 0 Å². The van der Waals surface area contributed by atoms with Crippen molar-refractivity contribution in [3.8, 4) is 0 Å². The quantitative estimate of drug-likeness (QED) is 0.643. The van der Waals surface area contributed by atoms with Gasteiger partial charge in [-0.2, -0.15) is 0 Å². The fourth-order valence-corrected chi connectivity index (χ4v) is 2.26. The molecule has 1 aliphatic rings. The third-order valence-electron chi connectivity index (χ3n) is 2.02. The van der Waals surface area contributed by atoms with Gasteiger partial charge in [-0.15, -0.1) is 11.3 Å². The Morgan fingerprint density at radius 2 is 2.46 bits per heavy atom. The van der Waals surface area contributed by atoms with Crippen LogP contribution in [0.4, 0.5) is 0 Å². The van der Waals surface area contributed by atoms with Crippen molar-refractivity contribution >= 4 is 17.0 Å². The number of aliphatic imine (C=N–C) groups is 1. The first-order valence-corrected chi connectivity index (χ1v) is 5.12. The second-order valence-corrected chi connectivity index (χ2v) is 4.11. The van der Waals surface area contributed by atoms with Crippen LogP contribution in [0.1, 0.15) is 17.4 Å². The van der Waals surface area contributed by atoms with Gasteiger partial charge in [0.1, 0.15) is 0 Å². The van der Waals surface area contributed by atoms with Crippen molar-refractivity contribution in [3.63, 3.8) is 0 Å². The summed E-state index contributed by atoms with van der Waals surface area (Å²) >= 11 is 1.79. The Labute approximate surface area is 82.1 Å². The third-order valence-corrected chi connectivity index (χ3v) is 2.96. The zero-order valence-corrected chi connectivity index (χ0v) is 8.40. The molecule has 0 radical (unpaired) electrons. The highest BCUT2D eigenvalue weighted by atomic mass is 32.1. The lowest BCUT2D eigenvalue weighted by Gasteiger charge is -2.02. The number of fused-ring (bicyclic) bond motifs is 1. The maximum atomic E-state index is 4.38. The minimum Gasteiger partial charge on any atom is -0.256 e. The van der Waals surface area contributed by atoms with E-state index in [1.54, 1.807) is 11.3 Å². The number of nitrogens with zero attached hydrogens (tertiary/aromatic N) is 1. The summed E-state index contributed by atoms with van der Waals surface area (Å²) in [6.07, 6.45) is 4.95. The summed E-state index contributed by atoms with van der Waals surface area (Å²) in [5.74, 6) is 0. The summed E-state index contributed by atoms with van der Waals surface area (Å²) in [7, 11) is 0. The van der Waals surface area contributed by atoms with Gasteiger partial charge in [0.15, 0.2) is 0 Å². The van der Waals surface area contributed by atoms with Crippen LogP contribution in [0.5, 0.6) is 0 Å². The van der Waals surface area contributed by atoms with Gasteiger partial charge >= 0.3 is 0 Å². The van der Waals surface area contributed by atoms with Gasteiger partial charge in [-0.25, -0.2) is 0 Å². The zero-order valence-electron chi connectivity index (χ0n) is 7.58. The van der Waals surface area contributed by atoms with E-state index < -0.39 is 0 Å². The molecule has 0 unspecified atom stereocenters. The van der Waals surface area contributed by atoms with Crippen LogP contribution in [-0.2, 0) is 6.42 Å². The fraction of sp³-hybridized carbons (Fsp3) is 0.182. The first kappa shape index (κ1) is 8.45. The van der Waals surface area contributed by atoms with Crippen LogP contribution in [0.25, 0.3) is 0 Å². The molecule has 0 saturated carbocycles. The predicted octanol–water partition coefficient (Wildman–Crippen LogP) is 3.18. The molecular formula is C11H11NS. The number of thiophene rings is 1. The molecule has 1 aliphatic heterocycles. The molecule has 13 heavy (non-hydrogen) atoms. The first-order valence-electron chi connectivity index (χ1n) is 4.24. The number of hydrogen-bond donors (Lipinski definition) is 0. The van der Waals surface area contributed by atoms with Crippen molar-refractivity contribution in [2.24, 2.45) is 4.99 Å². The van der Waals surface area contributed by atoms with Gasteiger partial charge in [-0.3, -0.25) is 4.99 Å². The number of allylic oxidation sites excluding steroid dienone is 2. The summed E-state index contributed by atoms with van der Waals surface area (Å²) in [6, 6.07) is 2.13. The van der Waals surface area contributed by atoms with Crippen LogP contribution in [0, 0.1) is 0 Å². The minimum atomic E-state index is 0.993. The van der Waals surface area contributed by atoms with Crippen molar-refractivity contribution in [2.75, 3.05) is 0 Å². The summed E-state index contributed by atoms with van der Waals surface area (Å²) in [6.45, 7) is 5.94. The number of rotatable bonds is 1. The average Bonchev–Trinajstić information content (AvgIpc) is 2.44. The van der Waals surface area contributed by atoms with E-state index in [1.807, 2.05) is 13.1 Å². The van der Waals surface area contributed by atoms with Crippen LogP contribution in [0.15, 0.2) is 40.9 Å². The van der Waals surface area contributed by atoms with Gasteiger partial charge in [-0.1, -0.05) is 12.7 Å². The summed E-state index contributed by atoms with van der Waals surface area (Å²) in [4.78, 5) is 5.76. The Hall–Kier alpha value is -1.15. The Kier molecular flexibility index (Phi) is 2.15. The normalized spacial score (nSPS) is 14.7. The highest BCUT2D eigenvalue weighted by molar-refractivity contribution is 7.10. The smallest absolute Gasteiger partial charge is 0.0736 e.